The van der Waals surface area contributed by atoms with E-state index in [1.54, 1.807) is 18.2 Å². The van der Waals surface area contributed by atoms with E-state index in [4.69, 9.17) is 16.3 Å². The fourth-order valence-corrected chi connectivity index (χ4v) is 3.33. The molecule has 0 radical (unpaired) electrons. The van der Waals surface area contributed by atoms with Crippen molar-refractivity contribution in [3.63, 3.8) is 0 Å². The minimum absolute atomic E-state index is 0.0862. The van der Waals surface area contributed by atoms with Crippen LogP contribution in [-0.2, 0) is 0 Å². The Morgan fingerprint density at radius 3 is 2.43 bits per heavy atom. The molecule has 0 bridgehead atoms. The number of Topliss-reactive ketones (excluding diaryl/α,β-unsaturated/α-hetero) is 1. The van der Waals surface area contributed by atoms with Crippen molar-refractivity contribution in [3.8, 4) is 5.75 Å². The average Bonchev–Trinajstić information content (AvgIpc) is 2.38. The summed E-state index contributed by atoms with van der Waals surface area (Å²) < 4.78 is 6.07. The molecular weight excluding hydrogens is 284 g/mol. The van der Waals surface area contributed by atoms with Gasteiger partial charge < -0.3 is 4.74 Å². The number of carbonyl (C=O) groups excluding carboxylic acids is 1. The average molecular weight is 301 g/mol. The Labute approximate surface area is 129 Å². The van der Waals surface area contributed by atoms with Crippen LogP contribution in [0.1, 0.15) is 45.1 Å². The largest absolute Gasteiger partial charge is 0.484 e. The van der Waals surface area contributed by atoms with E-state index in [1.807, 2.05) is 0 Å². The Morgan fingerprint density at radius 2 is 1.76 bits per heavy atom. The smallest absolute Gasteiger partial charge is 0.170 e. The van der Waals surface area contributed by atoms with Gasteiger partial charge in [0.25, 0.3) is 0 Å². The van der Waals surface area contributed by atoms with Gasteiger partial charge in [0.05, 0.1) is 12.0 Å². The first kappa shape index (κ1) is 14.2. The predicted molar refractivity (Wildman–Crippen MR) is 84.4 cm³/mol. The van der Waals surface area contributed by atoms with Gasteiger partial charge >= 0.3 is 0 Å². The number of hydrogen-bond acceptors (Lipinski definition) is 2. The third kappa shape index (κ3) is 2.56. The van der Waals surface area contributed by atoms with Gasteiger partial charge in [0.1, 0.15) is 11.9 Å². The zero-order valence-electron chi connectivity index (χ0n) is 12.4. The van der Waals surface area contributed by atoms with Gasteiger partial charge in [-0.2, -0.15) is 0 Å². The molecule has 3 heteroatoms. The summed E-state index contributed by atoms with van der Waals surface area (Å²) in [4.78, 5) is 12.4. The predicted octanol–water partition coefficient (Wildman–Crippen LogP) is 4.97. The number of benzene rings is 2. The molecule has 0 amide bonds. The monoisotopic (exact) mass is 300 g/mol. The summed E-state index contributed by atoms with van der Waals surface area (Å²) in [5.74, 6) is 0.711. The van der Waals surface area contributed by atoms with E-state index in [-0.39, 0.29) is 11.9 Å². The normalized spacial score (nSPS) is 17.3. The first-order valence-electron chi connectivity index (χ1n) is 7.03. The van der Waals surface area contributed by atoms with Crippen molar-refractivity contribution >= 4 is 17.4 Å². The Hall–Kier alpha value is -1.80. The molecule has 2 aromatic carbocycles. The fraction of sp³-hybridized carbons (Fsp3) is 0.278. The summed E-state index contributed by atoms with van der Waals surface area (Å²) in [7, 11) is 0. The summed E-state index contributed by atoms with van der Waals surface area (Å²) in [6.07, 6.45) is 0.143. The van der Waals surface area contributed by atoms with Crippen LogP contribution in [0.2, 0.25) is 5.02 Å². The second-order valence-electron chi connectivity index (χ2n) is 5.69. The molecule has 3 rings (SSSR count). The van der Waals surface area contributed by atoms with Crippen molar-refractivity contribution in [1.29, 1.82) is 0 Å². The molecule has 0 saturated carbocycles. The van der Waals surface area contributed by atoms with Crippen LogP contribution in [-0.4, -0.2) is 5.78 Å². The van der Waals surface area contributed by atoms with E-state index in [0.29, 0.717) is 22.8 Å². The molecule has 1 aliphatic heterocycles. The first-order valence-corrected chi connectivity index (χ1v) is 7.40. The molecule has 0 saturated heterocycles. The van der Waals surface area contributed by atoms with Gasteiger partial charge in [-0.3, -0.25) is 4.79 Å². The Kier molecular flexibility index (Phi) is 3.50. The van der Waals surface area contributed by atoms with Gasteiger partial charge in [0.15, 0.2) is 5.78 Å². The second-order valence-corrected chi connectivity index (χ2v) is 6.12. The van der Waals surface area contributed by atoms with Crippen LogP contribution in [0.25, 0.3) is 0 Å². The number of carbonyl (C=O) groups is 1. The van der Waals surface area contributed by atoms with Crippen molar-refractivity contribution in [3.05, 3.63) is 63.2 Å². The molecule has 108 valence electrons. The van der Waals surface area contributed by atoms with Crippen LogP contribution in [0.15, 0.2) is 30.3 Å². The number of ketones is 1. The summed E-state index contributed by atoms with van der Waals surface area (Å²) >= 11 is 5.96. The zero-order chi connectivity index (χ0) is 15.1. The van der Waals surface area contributed by atoms with Crippen LogP contribution in [0.5, 0.6) is 5.75 Å². The SMILES string of the molecule is Cc1cc(C)c(C2CC(=O)c3cc(Cl)ccc3O2)c(C)c1. The van der Waals surface area contributed by atoms with Gasteiger partial charge in [-0.25, -0.2) is 0 Å². The van der Waals surface area contributed by atoms with Crippen LogP contribution in [0, 0.1) is 20.8 Å². The lowest BCUT2D eigenvalue weighted by Crippen LogP contribution is -2.22. The number of halogens is 1. The summed E-state index contributed by atoms with van der Waals surface area (Å²) in [6.45, 7) is 6.22. The zero-order valence-corrected chi connectivity index (χ0v) is 13.1. The highest BCUT2D eigenvalue weighted by atomic mass is 35.5. The van der Waals surface area contributed by atoms with Gasteiger partial charge in [0.2, 0.25) is 0 Å². The molecule has 0 aromatic heterocycles. The maximum absolute atomic E-state index is 12.4. The highest BCUT2D eigenvalue weighted by molar-refractivity contribution is 6.31. The standard InChI is InChI=1S/C18H17ClO2/c1-10-6-11(2)18(12(3)7-10)17-9-15(20)14-8-13(19)4-5-16(14)21-17/h4-8,17H,9H2,1-3H3. The first-order chi connectivity index (χ1) is 9.95. The van der Waals surface area contributed by atoms with Crippen LogP contribution < -0.4 is 4.74 Å². The molecule has 1 atom stereocenters. The minimum Gasteiger partial charge on any atom is -0.484 e. The van der Waals surface area contributed by atoms with Crippen molar-refractivity contribution in [1.82, 2.24) is 0 Å². The fourth-order valence-electron chi connectivity index (χ4n) is 3.16. The molecule has 1 unspecified atom stereocenters. The summed E-state index contributed by atoms with van der Waals surface area (Å²) in [6, 6.07) is 9.48. The number of rotatable bonds is 1. The highest BCUT2D eigenvalue weighted by Crippen LogP contribution is 2.38. The summed E-state index contributed by atoms with van der Waals surface area (Å²) in [5.41, 5.74) is 5.27. The van der Waals surface area contributed by atoms with E-state index >= 15 is 0 Å². The number of fused-ring (bicyclic) bond motifs is 1. The van der Waals surface area contributed by atoms with Crippen LogP contribution >= 0.6 is 11.6 Å². The molecule has 0 fully saturated rings. The molecule has 1 heterocycles. The number of hydrogen-bond donors (Lipinski definition) is 0. The second kappa shape index (κ2) is 5.19. The van der Waals surface area contributed by atoms with E-state index in [9.17, 15) is 4.79 Å². The van der Waals surface area contributed by atoms with E-state index in [1.165, 1.54) is 16.7 Å². The molecular formula is C18H17ClO2. The Morgan fingerprint density at radius 1 is 1.10 bits per heavy atom. The Bertz CT molecular complexity index is 711. The van der Waals surface area contributed by atoms with Gasteiger partial charge in [0, 0.05) is 5.02 Å². The van der Waals surface area contributed by atoms with Gasteiger partial charge in [-0.05, 0) is 55.7 Å². The molecule has 0 spiro atoms. The minimum atomic E-state index is -0.216. The highest BCUT2D eigenvalue weighted by Gasteiger charge is 2.29. The maximum Gasteiger partial charge on any atom is 0.170 e. The van der Waals surface area contributed by atoms with Crippen molar-refractivity contribution < 1.29 is 9.53 Å². The molecule has 0 N–H and O–H groups in total. The third-order valence-electron chi connectivity index (χ3n) is 3.94. The van der Waals surface area contributed by atoms with Crippen LogP contribution in [0.3, 0.4) is 0 Å². The van der Waals surface area contributed by atoms with Gasteiger partial charge in [-0.15, -0.1) is 0 Å². The summed E-state index contributed by atoms with van der Waals surface area (Å²) in [5, 5.41) is 0.562. The lowest BCUT2D eigenvalue weighted by Gasteiger charge is -2.28. The molecule has 2 aromatic rings. The number of aryl methyl sites for hydroxylation is 3. The lowest BCUT2D eigenvalue weighted by molar-refractivity contribution is 0.0849. The van der Waals surface area contributed by atoms with Gasteiger partial charge in [-0.1, -0.05) is 29.3 Å². The van der Waals surface area contributed by atoms with E-state index in [2.05, 4.69) is 32.9 Å². The van der Waals surface area contributed by atoms with E-state index < -0.39 is 0 Å². The van der Waals surface area contributed by atoms with Crippen molar-refractivity contribution in [2.75, 3.05) is 0 Å². The maximum atomic E-state index is 12.4. The Balaban J connectivity index is 2.04. The van der Waals surface area contributed by atoms with Crippen molar-refractivity contribution in [2.45, 2.75) is 33.3 Å². The number of ether oxygens (including phenoxy) is 1. The topological polar surface area (TPSA) is 26.3 Å². The molecule has 0 aliphatic carbocycles. The van der Waals surface area contributed by atoms with Crippen LogP contribution in [0.4, 0.5) is 0 Å². The quantitative estimate of drug-likeness (QED) is 0.743. The third-order valence-corrected chi connectivity index (χ3v) is 4.18. The lowest BCUT2D eigenvalue weighted by atomic mass is 9.90. The molecule has 2 nitrogen and oxygen atoms in total. The van der Waals surface area contributed by atoms with E-state index in [0.717, 1.165) is 5.56 Å². The van der Waals surface area contributed by atoms with Crippen molar-refractivity contribution in [2.24, 2.45) is 0 Å². The molecule has 21 heavy (non-hydrogen) atoms. The molecule has 1 aliphatic rings.